The van der Waals surface area contributed by atoms with E-state index < -0.39 is 0 Å². The number of nitrogens with one attached hydrogen (secondary N) is 1. The predicted octanol–water partition coefficient (Wildman–Crippen LogP) is 1.88. The molecule has 2 aromatic heterocycles. The third-order valence-corrected chi connectivity index (χ3v) is 2.69. The van der Waals surface area contributed by atoms with E-state index in [0.717, 1.165) is 16.0 Å². The zero-order valence-corrected chi connectivity index (χ0v) is 8.89. The van der Waals surface area contributed by atoms with Crippen LogP contribution in [0.1, 0.15) is 5.82 Å². The van der Waals surface area contributed by atoms with Gasteiger partial charge in [0.15, 0.2) is 5.82 Å². The first kappa shape index (κ1) is 9.36. The zero-order valence-electron chi connectivity index (χ0n) is 8.07. The molecule has 2 aromatic rings. The van der Waals surface area contributed by atoms with E-state index in [1.807, 2.05) is 18.5 Å². The van der Waals surface area contributed by atoms with Gasteiger partial charge in [-0.1, -0.05) is 0 Å². The number of methoxy groups -OCH3 is 1. The lowest BCUT2D eigenvalue weighted by Gasteiger charge is -2.03. The molecule has 0 amide bonds. The molecule has 0 aliphatic carbocycles. The summed E-state index contributed by atoms with van der Waals surface area (Å²) in [6, 6.07) is 2.02. The highest BCUT2D eigenvalue weighted by atomic mass is 32.1. The highest BCUT2D eigenvalue weighted by Crippen LogP contribution is 2.24. The van der Waals surface area contributed by atoms with Crippen LogP contribution in [0.15, 0.2) is 11.4 Å². The smallest absolute Gasteiger partial charge is 0.158 e. The summed E-state index contributed by atoms with van der Waals surface area (Å²) in [5.74, 6) is 1.58. The van der Waals surface area contributed by atoms with Crippen molar-refractivity contribution in [1.29, 1.82) is 0 Å². The fourth-order valence-electron chi connectivity index (χ4n) is 1.28. The lowest BCUT2D eigenvalue weighted by Crippen LogP contribution is -2.01. The predicted molar refractivity (Wildman–Crippen MR) is 57.7 cm³/mol. The molecule has 0 aromatic carbocycles. The van der Waals surface area contributed by atoms with Gasteiger partial charge in [-0.3, -0.25) is 0 Å². The Hall–Kier alpha value is -1.20. The van der Waals surface area contributed by atoms with Gasteiger partial charge in [0, 0.05) is 14.2 Å². The van der Waals surface area contributed by atoms with Crippen molar-refractivity contribution in [2.75, 3.05) is 19.5 Å². The van der Waals surface area contributed by atoms with Crippen molar-refractivity contribution in [2.24, 2.45) is 0 Å². The number of ether oxygens (including phenoxy) is 1. The minimum Gasteiger partial charge on any atom is -0.377 e. The molecule has 0 atom stereocenters. The van der Waals surface area contributed by atoms with Gasteiger partial charge >= 0.3 is 0 Å². The second-order valence-electron chi connectivity index (χ2n) is 2.81. The number of rotatable bonds is 3. The second kappa shape index (κ2) is 3.89. The fourth-order valence-corrected chi connectivity index (χ4v) is 2.07. The van der Waals surface area contributed by atoms with Crippen molar-refractivity contribution >= 4 is 27.4 Å². The monoisotopic (exact) mass is 209 g/mol. The van der Waals surface area contributed by atoms with E-state index in [0.29, 0.717) is 12.4 Å². The van der Waals surface area contributed by atoms with Gasteiger partial charge in [-0.05, 0) is 11.4 Å². The van der Waals surface area contributed by atoms with E-state index in [4.69, 9.17) is 4.74 Å². The van der Waals surface area contributed by atoms with Crippen LogP contribution in [0.2, 0.25) is 0 Å². The molecule has 2 heterocycles. The Balaban J connectivity index is 2.55. The molecule has 0 saturated carbocycles. The summed E-state index contributed by atoms with van der Waals surface area (Å²) in [4.78, 5) is 9.71. The van der Waals surface area contributed by atoms with Crippen LogP contribution < -0.4 is 5.32 Å². The van der Waals surface area contributed by atoms with Crippen molar-refractivity contribution in [1.82, 2.24) is 9.97 Å². The first-order chi connectivity index (χ1) is 6.85. The average Bonchev–Trinajstić information content (AvgIpc) is 2.65. The molecule has 0 saturated heterocycles. The van der Waals surface area contributed by atoms with E-state index in [2.05, 4.69) is 15.3 Å². The van der Waals surface area contributed by atoms with E-state index >= 15 is 0 Å². The van der Waals surface area contributed by atoms with Crippen LogP contribution in [-0.2, 0) is 11.3 Å². The molecule has 5 heteroatoms. The average molecular weight is 209 g/mol. The lowest BCUT2D eigenvalue weighted by molar-refractivity contribution is 0.178. The van der Waals surface area contributed by atoms with Gasteiger partial charge in [0.2, 0.25) is 0 Å². The highest BCUT2D eigenvalue weighted by Gasteiger charge is 2.06. The second-order valence-corrected chi connectivity index (χ2v) is 3.71. The lowest BCUT2D eigenvalue weighted by atomic mass is 10.4. The van der Waals surface area contributed by atoms with Crippen LogP contribution in [0.25, 0.3) is 10.2 Å². The molecule has 1 N–H and O–H groups in total. The van der Waals surface area contributed by atoms with Crippen molar-refractivity contribution < 1.29 is 4.74 Å². The molecule has 4 nitrogen and oxygen atoms in total. The van der Waals surface area contributed by atoms with Gasteiger partial charge in [0.05, 0.1) is 5.39 Å². The van der Waals surface area contributed by atoms with E-state index in [9.17, 15) is 0 Å². The van der Waals surface area contributed by atoms with Crippen LogP contribution in [0.5, 0.6) is 0 Å². The van der Waals surface area contributed by atoms with Crippen molar-refractivity contribution in [3.05, 3.63) is 17.3 Å². The molecule has 0 aliphatic rings. The number of aromatic nitrogens is 2. The van der Waals surface area contributed by atoms with Gasteiger partial charge in [-0.15, -0.1) is 11.3 Å². The summed E-state index contributed by atoms with van der Waals surface area (Å²) in [6.07, 6.45) is 0. The van der Waals surface area contributed by atoms with E-state index in [1.165, 1.54) is 0 Å². The summed E-state index contributed by atoms with van der Waals surface area (Å²) >= 11 is 1.61. The Bertz CT molecular complexity index is 441. The Morgan fingerprint density at radius 3 is 3.07 bits per heavy atom. The minimum absolute atomic E-state index is 0.447. The molecule has 0 unspecified atom stereocenters. The Labute approximate surface area is 86.0 Å². The summed E-state index contributed by atoms with van der Waals surface area (Å²) < 4.78 is 5.00. The third-order valence-electron chi connectivity index (χ3n) is 1.88. The topological polar surface area (TPSA) is 47.0 Å². The Kier molecular flexibility index (Phi) is 2.60. The molecule has 0 aliphatic heterocycles. The zero-order chi connectivity index (χ0) is 9.97. The van der Waals surface area contributed by atoms with Gasteiger partial charge < -0.3 is 10.1 Å². The highest BCUT2D eigenvalue weighted by molar-refractivity contribution is 7.16. The van der Waals surface area contributed by atoms with Gasteiger partial charge in [0.25, 0.3) is 0 Å². The largest absolute Gasteiger partial charge is 0.377 e. The minimum atomic E-state index is 0.447. The van der Waals surface area contributed by atoms with Crippen LogP contribution in [0, 0.1) is 0 Å². The molecular formula is C9H11N3OS. The normalized spacial score (nSPS) is 10.7. The van der Waals surface area contributed by atoms with Crippen LogP contribution >= 0.6 is 11.3 Å². The first-order valence-electron chi connectivity index (χ1n) is 4.26. The maximum absolute atomic E-state index is 5.00. The van der Waals surface area contributed by atoms with E-state index in [-0.39, 0.29) is 0 Å². The van der Waals surface area contributed by atoms with Gasteiger partial charge in [-0.25, -0.2) is 9.97 Å². The fraction of sp³-hybridized carbons (Fsp3) is 0.333. The molecule has 0 radical (unpaired) electrons. The molecule has 0 spiro atoms. The summed E-state index contributed by atoms with van der Waals surface area (Å²) in [5.41, 5.74) is 0. The maximum atomic E-state index is 5.00. The summed E-state index contributed by atoms with van der Waals surface area (Å²) in [6.45, 7) is 0.447. The number of fused-ring (bicyclic) bond motifs is 1. The molecular weight excluding hydrogens is 198 g/mol. The van der Waals surface area contributed by atoms with Gasteiger partial charge in [-0.2, -0.15) is 0 Å². The number of hydrogen-bond acceptors (Lipinski definition) is 5. The molecule has 2 rings (SSSR count). The molecule has 14 heavy (non-hydrogen) atoms. The SMILES string of the molecule is CNc1nc(COC)nc2sccc12. The quantitative estimate of drug-likeness (QED) is 0.838. The van der Waals surface area contributed by atoms with Crippen molar-refractivity contribution in [2.45, 2.75) is 6.61 Å². The van der Waals surface area contributed by atoms with Crippen LogP contribution in [0.4, 0.5) is 5.82 Å². The Morgan fingerprint density at radius 1 is 1.50 bits per heavy atom. The number of thiophene rings is 1. The van der Waals surface area contributed by atoms with Crippen molar-refractivity contribution in [3.8, 4) is 0 Å². The van der Waals surface area contributed by atoms with Crippen LogP contribution in [-0.4, -0.2) is 24.1 Å². The summed E-state index contributed by atoms with van der Waals surface area (Å²) in [5, 5.41) is 6.13. The van der Waals surface area contributed by atoms with Gasteiger partial charge in [0.1, 0.15) is 17.3 Å². The molecule has 0 fully saturated rings. The Morgan fingerprint density at radius 2 is 2.36 bits per heavy atom. The summed E-state index contributed by atoms with van der Waals surface area (Å²) in [7, 11) is 3.50. The number of hydrogen-bond donors (Lipinski definition) is 1. The molecule has 74 valence electrons. The first-order valence-corrected chi connectivity index (χ1v) is 5.14. The standard InChI is InChI=1S/C9H11N3OS/c1-10-8-6-3-4-14-9(6)12-7(11-8)5-13-2/h3-4H,5H2,1-2H3,(H,10,11,12). The number of nitrogens with zero attached hydrogens (tertiary/aromatic N) is 2. The number of anilines is 1. The maximum Gasteiger partial charge on any atom is 0.158 e. The van der Waals surface area contributed by atoms with Crippen LogP contribution in [0.3, 0.4) is 0 Å². The third kappa shape index (κ3) is 1.56. The van der Waals surface area contributed by atoms with Crippen molar-refractivity contribution in [3.63, 3.8) is 0 Å². The molecule has 0 bridgehead atoms. The van der Waals surface area contributed by atoms with E-state index in [1.54, 1.807) is 18.4 Å².